The van der Waals surface area contributed by atoms with Crippen LogP contribution in [0.1, 0.15) is 20.3 Å². The van der Waals surface area contributed by atoms with Crippen LogP contribution in [0.3, 0.4) is 0 Å². The van der Waals surface area contributed by atoms with Crippen LogP contribution in [0.15, 0.2) is 29.2 Å². The van der Waals surface area contributed by atoms with E-state index in [0.29, 0.717) is 0 Å². The molecule has 2 N–H and O–H groups in total. The summed E-state index contributed by atoms with van der Waals surface area (Å²) in [6, 6.07) is 7.10. The Morgan fingerprint density at radius 2 is 1.79 bits per heavy atom. The smallest absolute Gasteiger partial charge is 0.115 e. The summed E-state index contributed by atoms with van der Waals surface area (Å²) in [5, 5.41) is 18.5. The molecule has 0 spiro atoms. The second-order valence-electron chi connectivity index (χ2n) is 3.90. The van der Waals surface area contributed by atoms with E-state index in [1.807, 2.05) is 26.0 Å². The van der Waals surface area contributed by atoms with Crippen LogP contribution < -0.4 is 0 Å². The Balaban J connectivity index is 2.35. The summed E-state index contributed by atoms with van der Waals surface area (Å²) in [5.74, 6) is 1.17. The van der Waals surface area contributed by atoms with E-state index in [1.54, 1.807) is 23.9 Å². The molecule has 1 rings (SSSR count). The zero-order chi connectivity index (χ0) is 10.6. The van der Waals surface area contributed by atoms with Crippen molar-refractivity contribution in [2.75, 3.05) is 5.75 Å². The molecule has 0 atom stereocenters. The number of phenolic OH excluding ortho intramolecular Hbond substituents is 1. The maximum Gasteiger partial charge on any atom is 0.115 e. The van der Waals surface area contributed by atoms with Gasteiger partial charge in [-0.3, -0.25) is 0 Å². The first-order valence-electron chi connectivity index (χ1n) is 4.61. The van der Waals surface area contributed by atoms with Gasteiger partial charge in [-0.25, -0.2) is 0 Å². The third kappa shape index (κ3) is 4.53. The Labute approximate surface area is 89.0 Å². The normalized spacial score (nSPS) is 11.6. The summed E-state index contributed by atoms with van der Waals surface area (Å²) >= 11 is 1.68. The minimum absolute atomic E-state index is 0.289. The van der Waals surface area contributed by atoms with Gasteiger partial charge >= 0.3 is 0 Å². The van der Waals surface area contributed by atoms with Crippen molar-refractivity contribution >= 4 is 11.8 Å². The van der Waals surface area contributed by atoms with Gasteiger partial charge < -0.3 is 10.2 Å². The van der Waals surface area contributed by atoms with Crippen molar-refractivity contribution in [3.63, 3.8) is 0 Å². The molecule has 0 amide bonds. The second-order valence-corrected chi connectivity index (χ2v) is 5.07. The van der Waals surface area contributed by atoms with Crippen LogP contribution >= 0.6 is 11.8 Å². The summed E-state index contributed by atoms with van der Waals surface area (Å²) in [7, 11) is 0. The molecule has 0 saturated carbocycles. The first kappa shape index (κ1) is 11.4. The van der Waals surface area contributed by atoms with E-state index in [2.05, 4.69) is 0 Å². The molecule has 0 unspecified atom stereocenters. The summed E-state index contributed by atoms with van der Waals surface area (Å²) < 4.78 is 0. The summed E-state index contributed by atoms with van der Waals surface area (Å²) in [5.41, 5.74) is -0.593. The van der Waals surface area contributed by atoms with Crippen LogP contribution in [0.4, 0.5) is 0 Å². The monoisotopic (exact) mass is 212 g/mol. The predicted molar refractivity (Wildman–Crippen MR) is 59.7 cm³/mol. The molecule has 1 aromatic rings. The number of benzene rings is 1. The topological polar surface area (TPSA) is 40.5 Å². The van der Waals surface area contributed by atoms with E-state index in [9.17, 15) is 5.11 Å². The lowest BCUT2D eigenvalue weighted by atomic mass is 10.1. The summed E-state index contributed by atoms with van der Waals surface area (Å²) in [6.07, 6.45) is 0.762. The van der Waals surface area contributed by atoms with Crippen LogP contribution in [-0.2, 0) is 0 Å². The molecule has 3 heteroatoms. The minimum atomic E-state index is -0.593. The SMILES string of the molecule is CC(C)(O)CCSc1ccc(O)cc1. The molecular formula is C11H16O2S. The Morgan fingerprint density at radius 3 is 2.29 bits per heavy atom. The predicted octanol–water partition coefficient (Wildman–Crippen LogP) is 2.65. The highest BCUT2D eigenvalue weighted by Crippen LogP contribution is 2.23. The lowest BCUT2D eigenvalue weighted by molar-refractivity contribution is 0.0778. The van der Waals surface area contributed by atoms with Gasteiger partial charge in [-0.05, 0) is 44.5 Å². The third-order valence-electron chi connectivity index (χ3n) is 1.82. The van der Waals surface area contributed by atoms with Crippen molar-refractivity contribution < 1.29 is 10.2 Å². The van der Waals surface area contributed by atoms with Crippen molar-refractivity contribution in [2.24, 2.45) is 0 Å². The van der Waals surface area contributed by atoms with Crippen LogP contribution in [0.25, 0.3) is 0 Å². The lowest BCUT2D eigenvalue weighted by Gasteiger charge is -2.15. The van der Waals surface area contributed by atoms with E-state index in [4.69, 9.17) is 5.11 Å². The lowest BCUT2D eigenvalue weighted by Crippen LogP contribution is -2.18. The Kier molecular flexibility index (Phi) is 3.84. The van der Waals surface area contributed by atoms with Gasteiger partial charge in [-0.15, -0.1) is 11.8 Å². The van der Waals surface area contributed by atoms with Crippen molar-refractivity contribution in [3.05, 3.63) is 24.3 Å². The van der Waals surface area contributed by atoms with Gasteiger partial charge in [-0.1, -0.05) is 0 Å². The van der Waals surface area contributed by atoms with Gasteiger partial charge in [0.2, 0.25) is 0 Å². The second kappa shape index (κ2) is 4.71. The van der Waals surface area contributed by atoms with Gasteiger partial charge in [-0.2, -0.15) is 0 Å². The Hall–Kier alpha value is -0.670. The van der Waals surface area contributed by atoms with Crippen LogP contribution in [0, 0.1) is 0 Å². The van der Waals surface area contributed by atoms with Crippen LogP contribution in [0.2, 0.25) is 0 Å². The van der Waals surface area contributed by atoms with Gasteiger partial charge in [0.25, 0.3) is 0 Å². The number of hydrogen-bond acceptors (Lipinski definition) is 3. The molecule has 78 valence electrons. The number of rotatable bonds is 4. The summed E-state index contributed by atoms with van der Waals surface area (Å²) in [4.78, 5) is 1.12. The molecule has 1 aromatic carbocycles. The zero-order valence-electron chi connectivity index (χ0n) is 8.53. The first-order valence-corrected chi connectivity index (χ1v) is 5.60. The van der Waals surface area contributed by atoms with E-state index in [0.717, 1.165) is 17.1 Å². The molecule has 0 aliphatic rings. The minimum Gasteiger partial charge on any atom is -0.508 e. The average Bonchev–Trinajstić information content (AvgIpc) is 2.06. The molecule has 0 heterocycles. The fourth-order valence-corrected chi connectivity index (χ4v) is 2.13. The highest BCUT2D eigenvalue weighted by Gasteiger charge is 2.11. The van der Waals surface area contributed by atoms with E-state index >= 15 is 0 Å². The fourth-order valence-electron chi connectivity index (χ4n) is 0.961. The number of thioether (sulfide) groups is 1. The largest absolute Gasteiger partial charge is 0.508 e. The quantitative estimate of drug-likeness (QED) is 0.754. The molecule has 14 heavy (non-hydrogen) atoms. The molecule has 0 aliphatic carbocycles. The molecule has 0 saturated heterocycles. The van der Waals surface area contributed by atoms with Gasteiger partial charge in [0.15, 0.2) is 0 Å². The number of aliphatic hydroxyl groups is 1. The number of hydrogen-bond donors (Lipinski definition) is 2. The van der Waals surface area contributed by atoms with Gasteiger partial charge in [0.05, 0.1) is 5.60 Å². The molecule has 0 aromatic heterocycles. The highest BCUT2D eigenvalue weighted by molar-refractivity contribution is 7.99. The highest BCUT2D eigenvalue weighted by atomic mass is 32.2. The molecule has 0 bridgehead atoms. The fraction of sp³-hybridized carbons (Fsp3) is 0.455. The van der Waals surface area contributed by atoms with Crippen LogP contribution in [0.5, 0.6) is 5.75 Å². The molecule has 0 fully saturated rings. The summed E-state index contributed by atoms with van der Waals surface area (Å²) in [6.45, 7) is 3.62. The first-order chi connectivity index (χ1) is 6.47. The maximum absolute atomic E-state index is 9.49. The van der Waals surface area contributed by atoms with Crippen molar-refractivity contribution in [1.82, 2.24) is 0 Å². The molecule has 0 radical (unpaired) electrons. The third-order valence-corrected chi connectivity index (χ3v) is 2.83. The molecule has 2 nitrogen and oxygen atoms in total. The standard InChI is InChI=1S/C11H16O2S/c1-11(2,13)7-8-14-10-5-3-9(12)4-6-10/h3-6,12-13H,7-8H2,1-2H3. The zero-order valence-corrected chi connectivity index (χ0v) is 9.34. The van der Waals surface area contributed by atoms with Crippen molar-refractivity contribution in [1.29, 1.82) is 0 Å². The number of aromatic hydroxyl groups is 1. The molecular weight excluding hydrogens is 196 g/mol. The van der Waals surface area contributed by atoms with Gasteiger partial charge in [0.1, 0.15) is 5.75 Å². The van der Waals surface area contributed by atoms with Crippen LogP contribution in [-0.4, -0.2) is 21.6 Å². The van der Waals surface area contributed by atoms with Crippen molar-refractivity contribution in [3.8, 4) is 5.75 Å². The van der Waals surface area contributed by atoms with Gasteiger partial charge in [0, 0.05) is 10.6 Å². The van der Waals surface area contributed by atoms with E-state index in [-0.39, 0.29) is 5.75 Å². The molecule has 0 aliphatic heterocycles. The Morgan fingerprint density at radius 1 is 1.21 bits per heavy atom. The van der Waals surface area contributed by atoms with E-state index in [1.165, 1.54) is 0 Å². The Bertz CT molecular complexity index is 274. The van der Waals surface area contributed by atoms with E-state index < -0.39 is 5.60 Å². The number of phenols is 1. The maximum atomic E-state index is 9.49. The van der Waals surface area contributed by atoms with Crippen molar-refractivity contribution in [2.45, 2.75) is 30.8 Å². The average molecular weight is 212 g/mol.